The quantitative estimate of drug-likeness (QED) is 0.212. The maximum absolute atomic E-state index is 15.0. The highest BCUT2D eigenvalue weighted by atomic mass is 19.1. The van der Waals surface area contributed by atoms with Gasteiger partial charge in [-0.15, -0.1) is 0 Å². The van der Waals surface area contributed by atoms with Crippen molar-refractivity contribution < 1.29 is 4.39 Å². The zero-order chi connectivity index (χ0) is 23.0. The van der Waals surface area contributed by atoms with Gasteiger partial charge in [0.1, 0.15) is 5.82 Å². The minimum atomic E-state index is -0.241. The van der Waals surface area contributed by atoms with Crippen LogP contribution < -0.4 is 0 Å². The normalized spacial score (nSPS) is 11.0. The predicted octanol–water partition coefficient (Wildman–Crippen LogP) is 8.51. The molecule has 0 aliphatic heterocycles. The summed E-state index contributed by atoms with van der Waals surface area (Å²) in [5, 5.41) is 1.56. The van der Waals surface area contributed by atoms with E-state index in [2.05, 4.69) is 80.3 Å². The fourth-order valence-corrected chi connectivity index (χ4v) is 4.05. The van der Waals surface area contributed by atoms with E-state index in [0.29, 0.717) is 10.9 Å². The van der Waals surface area contributed by atoms with Gasteiger partial charge in [0.15, 0.2) is 0 Å². The van der Waals surface area contributed by atoms with Gasteiger partial charge in [-0.2, -0.15) is 0 Å². The van der Waals surface area contributed by atoms with Crippen LogP contribution in [0.1, 0.15) is 48.9 Å². The van der Waals surface area contributed by atoms with Crippen molar-refractivity contribution in [3.05, 3.63) is 119 Å². The second-order valence-corrected chi connectivity index (χ2v) is 8.36. The van der Waals surface area contributed by atoms with Gasteiger partial charge in [0.05, 0.1) is 5.56 Å². The molecule has 0 saturated carbocycles. The average Bonchev–Trinajstić information content (AvgIpc) is 2.85. The Morgan fingerprint density at radius 1 is 0.758 bits per heavy atom. The summed E-state index contributed by atoms with van der Waals surface area (Å²) < 4.78 is 15.0. The van der Waals surface area contributed by atoms with E-state index in [1.807, 2.05) is 30.3 Å². The highest BCUT2D eigenvalue weighted by Gasteiger charge is 2.06. The summed E-state index contributed by atoms with van der Waals surface area (Å²) >= 11 is 0. The maximum Gasteiger partial charge on any atom is 0.146 e. The van der Waals surface area contributed by atoms with Gasteiger partial charge >= 0.3 is 0 Å². The molecule has 0 spiro atoms. The molecule has 0 amide bonds. The number of hydrogen-bond acceptors (Lipinski definition) is 0. The monoisotopic (exact) mass is 432 g/mol. The molecular formula is C32H29F. The molecule has 1 heteroatoms. The van der Waals surface area contributed by atoms with Crippen molar-refractivity contribution in [1.29, 1.82) is 0 Å². The molecule has 0 aromatic heterocycles. The van der Waals surface area contributed by atoms with Crippen molar-refractivity contribution >= 4 is 10.8 Å². The number of fused-ring (bicyclic) bond motifs is 1. The van der Waals surface area contributed by atoms with Gasteiger partial charge in [0.25, 0.3) is 0 Å². The van der Waals surface area contributed by atoms with Crippen LogP contribution in [0.3, 0.4) is 0 Å². The molecule has 164 valence electrons. The maximum atomic E-state index is 15.0. The smallest absolute Gasteiger partial charge is 0.146 e. The third kappa shape index (κ3) is 5.60. The van der Waals surface area contributed by atoms with Crippen LogP contribution in [0, 0.1) is 17.7 Å². The summed E-state index contributed by atoms with van der Waals surface area (Å²) in [4.78, 5) is 0. The molecule has 33 heavy (non-hydrogen) atoms. The second kappa shape index (κ2) is 10.8. The van der Waals surface area contributed by atoms with E-state index >= 15 is 0 Å². The second-order valence-electron chi connectivity index (χ2n) is 8.36. The molecule has 0 radical (unpaired) electrons. The van der Waals surface area contributed by atoms with Gasteiger partial charge in [-0.25, -0.2) is 4.39 Å². The molecule has 0 N–H and O–H groups in total. The van der Waals surface area contributed by atoms with Crippen LogP contribution >= 0.6 is 0 Å². The summed E-state index contributed by atoms with van der Waals surface area (Å²) in [6, 6.07) is 26.6. The van der Waals surface area contributed by atoms with E-state index in [1.165, 1.54) is 16.7 Å². The summed E-state index contributed by atoms with van der Waals surface area (Å²) in [7, 11) is 0. The molecule has 0 unspecified atom stereocenters. The number of aryl methyl sites for hydroxylation is 2. The van der Waals surface area contributed by atoms with Crippen molar-refractivity contribution in [2.24, 2.45) is 0 Å². The first-order valence-corrected chi connectivity index (χ1v) is 11.7. The number of allylic oxidation sites excluding steroid dienone is 2. The Morgan fingerprint density at radius 2 is 1.45 bits per heavy atom. The summed E-state index contributed by atoms with van der Waals surface area (Å²) in [5.41, 5.74) is 6.24. The standard InChI is InChI=1S/C32H29F/c1-3-5-6-8-24-9-15-27(16-10-24)28-17-11-25(12-18-28)13-19-29-20-21-30-23-26(7-4-2)14-22-31(30)32(29)33/h3,5,9-12,14-18,20-23H,4,6-8H2,1-2H3/b5-3+. The first-order chi connectivity index (χ1) is 16.2. The third-order valence-corrected chi connectivity index (χ3v) is 5.91. The van der Waals surface area contributed by atoms with Crippen LogP contribution in [0.2, 0.25) is 0 Å². The van der Waals surface area contributed by atoms with Crippen LogP contribution in [0.4, 0.5) is 4.39 Å². The molecular weight excluding hydrogens is 403 g/mol. The van der Waals surface area contributed by atoms with Crippen LogP contribution in [0.5, 0.6) is 0 Å². The van der Waals surface area contributed by atoms with Crippen LogP contribution in [-0.2, 0) is 12.8 Å². The van der Waals surface area contributed by atoms with Crippen molar-refractivity contribution in [1.82, 2.24) is 0 Å². The predicted molar refractivity (Wildman–Crippen MR) is 139 cm³/mol. The average molecular weight is 433 g/mol. The van der Waals surface area contributed by atoms with Crippen LogP contribution in [0.25, 0.3) is 21.9 Å². The van der Waals surface area contributed by atoms with E-state index in [1.54, 1.807) is 6.07 Å². The SMILES string of the molecule is C/C=C/CCc1ccc(-c2ccc(C#Cc3ccc4cc(CCC)ccc4c3F)cc2)cc1. The lowest BCUT2D eigenvalue weighted by atomic mass is 10.0. The molecule has 0 aliphatic rings. The number of halogens is 1. The number of rotatable bonds is 6. The van der Waals surface area contributed by atoms with E-state index in [-0.39, 0.29) is 5.82 Å². The molecule has 0 nitrogen and oxygen atoms in total. The Morgan fingerprint density at radius 3 is 2.15 bits per heavy atom. The molecule has 4 aromatic carbocycles. The minimum absolute atomic E-state index is 0.241. The highest BCUT2D eigenvalue weighted by molar-refractivity contribution is 5.85. The van der Waals surface area contributed by atoms with Crippen molar-refractivity contribution in [3.63, 3.8) is 0 Å². The lowest BCUT2D eigenvalue weighted by molar-refractivity contribution is 0.636. The van der Waals surface area contributed by atoms with E-state index in [9.17, 15) is 4.39 Å². The van der Waals surface area contributed by atoms with Gasteiger partial charge in [0.2, 0.25) is 0 Å². The molecule has 0 bridgehead atoms. The van der Waals surface area contributed by atoms with E-state index < -0.39 is 0 Å². The number of benzene rings is 4. The molecule has 0 heterocycles. The van der Waals surface area contributed by atoms with Crippen molar-refractivity contribution in [2.75, 3.05) is 0 Å². The number of hydrogen-bond donors (Lipinski definition) is 0. The Labute approximate surface area is 196 Å². The summed E-state index contributed by atoms with van der Waals surface area (Å²) in [6.45, 7) is 4.21. The van der Waals surface area contributed by atoms with E-state index in [4.69, 9.17) is 0 Å². The summed E-state index contributed by atoms with van der Waals surface area (Å²) in [6.07, 6.45) is 8.51. The zero-order valence-corrected chi connectivity index (χ0v) is 19.4. The molecule has 4 aromatic rings. The fraction of sp³-hybridized carbons (Fsp3) is 0.188. The Hall–Kier alpha value is -3.63. The largest absolute Gasteiger partial charge is 0.205 e. The first kappa shape index (κ1) is 22.6. The molecule has 0 atom stereocenters. The topological polar surface area (TPSA) is 0 Å². The lowest BCUT2D eigenvalue weighted by Crippen LogP contribution is -1.89. The van der Waals surface area contributed by atoms with Crippen molar-refractivity contribution in [3.8, 4) is 23.0 Å². The molecule has 0 fully saturated rings. The zero-order valence-electron chi connectivity index (χ0n) is 19.4. The fourth-order valence-electron chi connectivity index (χ4n) is 4.05. The lowest BCUT2D eigenvalue weighted by Gasteiger charge is -2.05. The van der Waals surface area contributed by atoms with Gasteiger partial charge in [-0.05, 0) is 72.0 Å². The van der Waals surface area contributed by atoms with Gasteiger partial charge in [-0.1, -0.05) is 98.0 Å². The molecule has 0 aliphatic carbocycles. The minimum Gasteiger partial charge on any atom is -0.205 e. The van der Waals surface area contributed by atoms with Gasteiger partial charge in [-0.3, -0.25) is 0 Å². The Kier molecular flexibility index (Phi) is 7.38. The molecule has 4 rings (SSSR count). The van der Waals surface area contributed by atoms with Crippen molar-refractivity contribution in [2.45, 2.75) is 39.5 Å². The highest BCUT2D eigenvalue weighted by Crippen LogP contribution is 2.23. The third-order valence-electron chi connectivity index (χ3n) is 5.91. The van der Waals surface area contributed by atoms with E-state index in [0.717, 1.165) is 42.2 Å². The summed E-state index contributed by atoms with van der Waals surface area (Å²) in [5.74, 6) is 5.90. The Balaban J connectivity index is 1.50. The van der Waals surface area contributed by atoms with Crippen LogP contribution in [0.15, 0.2) is 91.0 Å². The van der Waals surface area contributed by atoms with Gasteiger partial charge < -0.3 is 0 Å². The Bertz CT molecular complexity index is 1310. The first-order valence-electron chi connectivity index (χ1n) is 11.7. The van der Waals surface area contributed by atoms with Gasteiger partial charge in [0, 0.05) is 10.9 Å². The van der Waals surface area contributed by atoms with Crippen LogP contribution in [-0.4, -0.2) is 0 Å². The molecule has 0 saturated heterocycles.